The molecule has 2 aliphatic rings. The van der Waals surface area contributed by atoms with E-state index in [2.05, 4.69) is 38.2 Å². The van der Waals surface area contributed by atoms with Gasteiger partial charge in [-0.05, 0) is 0 Å². The van der Waals surface area contributed by atoms with Crippen molar-refractivity contribution in [3.63, 3.8) is 0 Å². The van der Waals surface area contributed by atoms with Crippen LogP contribution in [0.3, 0.4) is 0 Å². The van der Waals surface area contributed by atoms with Gasteiger partial charge < -0.3 is 0 Å². The van der Waals surface area contributed by atoms with Crippen molar-refractivity contribution in [1.29, 1.82) is 0 Å². The Morgan fingerprint density at radius 1 is 1.06 bits per heavy atom. The first-order chi connectivity index (χ1) is 7.69. The molecule has 2 aliphatic carbocycles. The Kier molecular flexibility index (Phi) is 6.42. The van der Waals surface area contributed by atoms with E-state index in [4.69, 9.17) is 11.6 Å². The largest absolute Gasteiger partial charge is 0.127 e. The maximum atomic E-state index is 5.00. The summed E-state index contributed by atoms with van der Waals surface area (Å²) in [7, 11) is 0. The van der Waals surface area contributed by atoms with Gasteiger partial charge in [-0.2, -0.15) is 0 Å². The fraction of sp³-hybridized carbons (Fsp3) is 0.429. The van der Waals surface area contributed by atoms with Gasteiger partial charge in [0.1, 0.15) is 0 Å². The molecule has 0 saturated carbocycles. The minimum Gasteiger partial charge on any atom is -0.127 e. The molecule has 0 amide bonds. The van der Waals surface area contributed by atoms with Crippen molar-refractivity contribution in [2.75, 3.05) is 5.88 Å². The van der Waals surface area contributed by atoms with Crippen LogP contribution in [0.1, 0.15) is 33.6 Å². The predicted molar refractivity (Wildman–Crippen MR) is 69.3 cm³/mol. The van der Waals surface area contributed by atoms with E-state index in [9.17, 15) is 0 Å². The molecular formula is C14H19ClTi. The normalized spacial score (nSPS) is 18.0. The second-order valence-corrected chi connectivity index (χ2v) is 6.74. The van der Waals surface area contributed by atoms with Crippen LogP contribution in [0, 0.1) is 0 Å². The minimum atomic E-state index is 0.0324. The zero-order chi connectivity index (χ0) is 12.0. The van der Waals surface area contributed by atoms with Crippen molar-refractivity contribution < 1.29 is 19.2 Å². The molecule has 0 nitrogen and oxygen atoms in total. The van der Waals surface area contributed by atoms with Gasteiger partial charge >= 0.3 is 89.0 Å². The van der Waals surface area contributed by atoms with Crippen LogP contribution in [0.2, 0.25) is 0 Å². The van der Waals surface area contributed by atoms with Crippen LogP contribution in [0.5, 0.6) is 0 Å². The third kappa shape index (κ3) is 4.09. The third-order valence-corrected chi connectivity index (χ3v) is 5.44. The van der Waals surface area contributed by atoms with Gasteiger partial charge in [-0.3, -0.25) is 0 Å². The van der Waals surface area contributed by atoms with Crippen LogP contribution in [-0.2, 0) is 19.2 Å². The molecular weight excluding hydrogens is 251 g/mol. The summed E-state index contributed by atoms with van der Waals surface area (Å²) in [5.74, 6) is 0.722. The molecule has 86 valence electrons. The van der Waals surface area contributed by atoms with Gasteiger partial charge in [-0.1, -0.05) is 6.92 Å². The molecule has 0 unspecified atom stereocenters. The molecule has 0 aromatic heterocycles. The molecule has 0 aliphatic heterocycles. The predicted octanol–water partition coefficient (Wildman–Crippen LogP) is 4.78. The van der Waals surface area contributed by atoms with Gasteiger partial charge in [0.05, 0.1) is 0 Å². The number of alkyl halides is 1. The second kappa shape index (κ2) is 7.32. The number of hydrogen-bond acceptors (Lipinski definition) is 0. The van der Waals surface area contributed by atoms with E-state index in [-0.39, 0.29) is 19.2 Å². The standard InChI is InChI=1S/2C6H7.C2H5Cl.Ti/c2*1-6-4-2-3-5-6;1-2-3;/h2*2,4H,3H2,1H3;2H2,1H3;. The molecule has 2 heteroatoms. The van der Waals surface area contributed by atoms with Gasteiger partial charge in [-0.25, -0.2) is 0 Å². The SMILES string of the molecule is CC1=[C]([Ti][C]2=C(C)C=CC2)CC=C1.CCCl. The van der Waals surface area contributed by atoms with Crippen molar-refractivity contribution in [2.45, 2.75) is 33.6 Å². The first kappa shape index (κ1) is 14.0. The summed E-state index contributed by atoms with van der Waals surface area (Å²) in [5, 5.41) is 0. The monoisotopic (exact) mass is 270 g/mol. The van der Waals surface area contributed by atoms with Gasteiger partial charge in [0.25, 0.3) is 0 Å². The number of hydrogen-bond donors (Lipinski definition) is 0. The maximum Gasteiger partial charge on any atom is 0.0195 e. The van der Waals surface area contributed by atoms with E-state index in [1.54, 1.807) is 7.76 Å². The van der Waals surface area contributed by atoms with Crippen LogP contribution in [0.4, 0.5) is 0 Å². The number of halogens is 1. The fourth-order valence-corrected chi connectivity index (χ4v) is 3.84. The molecule has 2 rings (SSSR count). The Morgan fingerprint density at radius 3 is 1.69 bits per heavy atom. The Morgan fingerprint density at radius 2 is 1.44 bits per heavy atom. The molecule has 0 bridgehead atoms. The van der Waals surface area contributed by atoms with Crippen LogP contribution in [0.25, 0.3) is 0 Å². The average molecular weight is 271 g/mol. The smallest absolute Gasteiger partial charge is 0.0195 e. The quantitative estimate of drug-likeness (QED) is 0.500. The van der Waals surface area contributed by atoms with E-state index in [0.717, 1.165) is 5.88 Å². The van der Waals surface area contributed by atoms with Crippen molar-refractivity contribution in [3.05, 3.63) is 43.2 Å². The summed E-state index contributed by atoms with van der Waals surface area (Å²) in [5.41, 5.74) is 3.07. The molecule has 0 atom stereocenters. The van der Waals surface area contributed by atoms with Crippen molar-refractivity contribution in [2.24, 2.45) is 0 Å². The zero-order valence-corrected chi connectivity index (χ0v) is 12.6. The molecule has 16 heavy (non-hydrogen) atoms. The Bertz CT molecular complexity index is 325. The van der Waals surface area contributed by atoms with Gasteiger partial charge in [0.2, 0.25) is 0 Å². The molecule has 0 fully saturated rings. The second-order valence-electron chi connectivity index (χ2n) is 3.93. The molecule has 0 spiro atoms. The Hall–Kier alpha value is -0.0357. The molecule has 0 saturated heterocycles. The van der Waals surface area contributed by atoms with Crippen LogP contribution >= 0.6 is 11.6 Å². The Balaban J connectivity index is 0.000000386. The fourth-order valence-electron chi connectivity index (χ4n) is 1.71. The maximum absolute atomic E-state index is 5.00. The summed E-state index contributed by atoms with van der Waals surface area (Å²) in [4.78, 5) is 0. The van der Waals surface area contributed by atoms with Crippen LogP contribution in [0.15, 0.2) is 43.2 Å². The third-order valence-electron chi connectivity index (χ3n) is 2.63. The number of allylic oxidation sites excluding steroid dienone is 8. The summed E-state index contributed by atoms with van der Waals surface area (Å²) in [6.07, 6.45) is 11.6. The average Bonchev–Trinajstić information content (AvgIpc) is 2.80. The topological polar surface area (TPSA) is 0 Å². The van der Waals surface area contributed by atoms with Gasteiger partial charge in [0, 0.05) is 5.88 Å². The van der Waals surface area contributed by atoms with Gasteiger partial charge in [0.15, 0.2) is 0 Å². The van der Waals surface area contributed by atoms with E-state index in [1.165, 1.54) is 24.0 Å². The summed E-state index contributed by atoms with van der Waals surface area (Å²) < 4.78 is 3.47. The number of rotatable bonds is 2. The van der Waals surface area contributed by atoms with Crippen molar-refractivity contribution in [3.8, 4) is 0 Å². The van der Waals surface area contributed by atoms with Gasteiger partial charge in [-0.15, -0.1) is 11.6 Å². The molecule has 0 N–H and O–H groups in total. The van der Waals surface area contributed by atoms with Crippen LogP contribution in [-0.4, -0.2) is 5.88 Å². The van der Waals surface area contributed by atoms with E-state index in [0.29, 0.717) is 0 Å². The zero-order valence-electron chi connectivity index (χ0n) is 10.3. The van der Waals surface area contributed by atoms with Crippen molar-refractivity contribution in [1.82, 2.24) is 0 Å². The van der Waals surface area contributed by atoms with E-state index in [1.807, 2.05) is 6.92 Å². The Labute approximate surface area is 113 Å². The minimum absolute atomic E-state index is 0.0324. The summed E-state index contributed by atoms with van der Waals surface area (Å²) in [6, 6.07) is 0. The van der Waals surface area contributed by atoms with E-state index < -0.39 is 0 Å². The van der Waals surface area contributed by atoms with Crippen molar-refractivity contribution >= 4 is 11.6 Å². The first-order valence-corrected chi connectivity index (χ1v) is 7.84. The summed E-state index contributed by atoms with van der Waals surface area (Å²) >= 11 is 5.03. The van der Waals surface area contributed by atoms with E-state index >= 15 is 0 Å². The molecule has 0 heterocycles. The molecule has 0 radical (unpaired) electrons. The molecule has 0 aromatic rings. The first-order valence-electron chi connectivity index (χ1n) is 5.74. The van der Waals surface area contributed by atoms with Crippen LogP contribution < -0.4 is 0 Å². The summed E-state index contributed by atoms with van der Waals surface area (Å²) in [6.45, 7) is 6.39. The molecule has 0 aromatic carbocycles.